The Morgan fingerprint density at radius 3 is 2.76 bits per heavy atom. The van der Waals surface area contributed by atoms with E-state index in [1.165, 1.54) is 0 Å². The number of nitrogens with zero attached hydrogens (tertiary/aromatic N) is 1. The highest BCUT2D eigenvalue weighted by molar-refractivity contribution is 5.89. The lowest BCUT2D eigenvalue weighted by atomic mass is 10.2. The fraction of sp³-hybridized carbons (Fsp3) is 0.500. The van der Waals surface area contributed by atoms with Crippen LogP contribution in [0, 0.1) is 0 Å². The SMILES string of the molecule is O=C(NCCCN1CCCCCC1=O)Nc1ccccc1. The monoisotopic (exact) mass is 289 g/mol. The molecule has 3 amide bonds. The molecular formula is C16H23N3O2. The summed E-state index contributed by atoms with van der Waals surface area (Å²) in [5.74, 6) is 0.251. The maximum absolute atomic E-state index is 11.8. The number of hydrogen-bond donors (Lipinski definition) is 2. The number of benzene rings is 1. The van der Waals surface area contributed by atoms with Gasteiger partial charge < -0.3 is 15.5 Å². The number of likely N-dealkylation sites (tertiary alicyclic amines) is 1. The van der Waals surface area contributed by atoms with Crippen LogP contribution in [-0.4, -0.2) is 36.5 Å². The highest BCUT2D eigenvalue weighted by atomic mass is 16.2. The summed E-state index contributed by atoms with van der Waals surface area (Å²) in [7, 11) is 0. The first-order valence-corrected chi connectivity index (χ1v) is 7.63. The van der Waals surface area contributed by atoms with Crippen molar-refractivity contribution in [2.45, 2.75) is 32.1 Å². The molecule has 0 bridgehead atoms. The average Bonchev–Trinajstić information content (AvgIpc) is 2.69. The minimum absolute atomic E-state index is 0.205. The van der Waals surface area contributed by atoms with E-state index in [-0.39, 0.29) is 11.9 Å². The minimum Gasteiger partial charge on any atom is -0.343 e. The maximum Gasteiger partial charge on any atom is 0.319 e. The van der Waals surface area contributed by atoms with Gasteiger partial charge in [0, 0.05) is 31.7 Å². The van der Waals surface area contributed by atoms with Gasteiger partial charge >= 0.3 is 6.03 Å². The number of para-hydroxylation sites is 1. The number of hydrogen-bond acceptors (Lipinski definition) is 2. The molecule has 2 rings (SSSR count). The highest BCUT2D eigenvalue weighted by Gasteiger charge is 2.15. The van der Waals surface area contributed by atoms with Gasteiger partial charge in [-0.05, 0) is 31.4 Å². The maximum atomic E-state index is 11.8. The van der Waals surface area contributed by atoms with Gasteiger partial charge in [0.05, 0.1) is 0 Å². The van der Waals surface area contributed by atoms with Crippen LogP contribution in [0.1, 0.15) is 32.1 Å². The van der Waals surface area contributed by atoms with Crippen molar-refractivity contribution in [1.29, 1.82) is 0 Å². The van der Waals surface area contributed by atoms with Crippen molar-refractivity contribution in [2.75, 3.05) is 25.0 Å². The van der Waals surface area contributed by atoms with E-state index in [1.807, 2.05) is 35.2 Å². The molecule has 1 saturated heterocycles. The molecule has 1 aliphatic rings. The number of anilines is 1. The zero-order chi connectivity index (χ0) is 14.9. The van der Waals surface area contributed by atoms with Crippen LogP contribution in [0.3, 0.4) is 0 Å². The molecule has 2 N–H and O–H groups in total. The van der Waals surface area contributed by atoms with Crippen LogP contribution >= 0.6 is 0 Å². The fourth-order valence-corrected chi connectivity index (χ4v) is 2.44. The molecule has 0 aliphatic carbocycles. The first kappa shape index (κ1) is 15.4. The van der Waals surface area contributed by atoms with Crippen LogP contribution in [0.5, 0.6) is 0 Å². The van der Waals surface area contributed by atoms with Crippen LogP contribution in [0.25, 0.3) is 0 Å². The standard InChI is InChI=1S/C16H23N3O2/c20-15-10-5-2-6-12-19(15)13-7-11-17-16(21)18-14-8-3-1-4-9-14/h1,3-4,8-9H,2,5-7,10-13H2,(H2,17,18,21). The largest absolute Gasteiger partial charge is 0.343 e. The number of urea groups is 1. The average molecular weight is 289 g/mol. The molecule has 0 unspecified atom stereocenters. The Labute approximate surface area is 125 Å². The Kier molecular flexibility index (Phi) is 6.06. The Bertz CT molecular complexity index is 462. The highest BCUT2D eigenvalue weighted by Crippen LogP contribution is 2.11. The lowest BCUT2D eigenvalue weighted by Crippen LogP contribution is -2.35. The van der Waals surface area contributed by atoms with E-state index in [2.05, 4.69) is 10.6 Å². The van der Waals surface area contributed by atoms with E-state index >= 15 is 0 Å². The van der Waals surface area contributed by atoms with E-state index in [1.54, 1.807) is 0 Å². The molecule has 0 saturated carbocycles. The van der Waals surface area contributed by atoms with Gasteiger partial charge in [-0.1, -0.05) is 24.6 Å². The van der Waals surface area contributed by atoms with Crippen molar-refractivity contribution in [1.82, 2.24) is 10.2 Å². The molecule has 0 radical (unpaired) electrons. The Morgan fingerprint density at radius 2 is 1.95 bits per heavy atom. The van der Waals surface area contributed by atoms with Crippen LogP contribution < -0.4 is 10.6 Å². The van der Waals surface area contributed by atoms with Gasteiger partial charge in [0.1, 0.15) is 0 Å². The van der Waals surface area contributed by atoms with Gasteiger partial charge in [0.2, 0.25) is 5.91 Å². The van der Waals surface area contributed by atoms with Crippen LogP contribution in [0.15, 0.2) is 30.3 Å². The molecule has 5 heteroatoms. The molecule has 0 spiro atoms. The Morgan fingerprint density at radius 1 is 1.14 bits per heavy atom. The molecule has 1 aromatic rings. The lowest BCUT2D eigenvalue weighted by molar-refractivity contribution is -0.130. The number of amides is 3. The molecule has 5 nitrogen and oxygen atoms in total. The summed E-state index contributed by atoms with van der Waals surface area (Å²) in [5, 5.41) is 5.58. The van der Waals surface area contributed by atoms with Crippen molar-refractivity contribution < 1.29 is 9.59 Å². The van der Waals surface area contributed by atoms with Crippen molar-refractivity contribution in [3.05, 3.63) is 30.3 Å². The van der Waals surface area contributed by atoms with Crippen molar-refractivity contribution in [3.8, 4) is 0 Å². The van der Waals surface area contributed by atoms with E-state index in [0.717, 1.165) is 44.5 Å². The van der Waals surface area contributed by atoms with Gasteiger partial charge in [0.25, 0.3) is 0 Å². The van der Waals surface area contributed by atoms with Gasteiger partial charge in [-0.15, -0.1) is 0 Å². The van der Waals surface area contributed by atoms with Gasteiger partial charge in [-0.3, -0.25) is 4.79 Å². The Balaban J connectivity index is 1.62. The normalized spacial score (nSPS) is 15.4. The summed E-state index contributed by atoms with van der Waals surface area (Å²) < 4.78 is 0. The topological polar surface area (TPSA) is 61.4 Å². The molecule has 0 atom stereocenters. The van der Waals surface area contributed by atoms with E-state index in [9.17, 15) is 9.59 Å². The third-order valence-electron chi connectivity index (χ3n) is 3.59. The fourth-order valence-electron chi connectivity index (χ4n) is 2.44. The number of carbonyl (C=O) groups is 2. The van der Waals surface area contributed by atoms with Crippen LogP contribution in [0.2, 0.25) is 0 Å². The number of nitrogens with one attached hydrogen (secondary N) is 2. The summed E-state index contributed by atoms with van der Waals surface area (Å²) in [6.07, 6.45) is 4.69. The van der Waals surface area contributed by atoms with Crippen LogP contribution in [-0.2, 0) is 4.79 Å². The van der Waals surface area contributed by atoms with Crippen LogP contribution in [0.4, 0.5) is 10.5 Å². The molecule has 1 fully saturated rings. The molecule has 1 aromatic carbocycles. The first-order valence-electron chi connectivity index (χ1n) is 7.63. The quantitative estimate of drug-likeness (QED) is 0.818. The summed E-state index contributed by atoms with van der Waals surface area (Å²) in [4.78, 5) is 25.4. The van der Waals surface area contributed by atoms with E-state index < -0.39 is 0 Å². The summed E-state index contributed by atoms with van der Waals surface area (Å²) >= 11 is 0. The molecule has 0 aromatic heterocycles. The minimum atomic E-state index is -0.205. The van der Waals surface area contributed by atoms with E-state index in [0.29, 0.717) is 13.0 Å². The smallest absolute Gasteiger partial charge is 0.319 e. The van der Waals surface area contributed by atoms with E-state index in [4.69, 9.17) is 0 Å². The van der Waals surface area contributed by atoms with Crippen molar-refractivity contribution in [2.24, 2.45) is 0 Å². The van der Waals surface area contributed by atoms with Crippen molar-refractivity contribution in [3.63, 3.8) is 0 Å². The summed E-state index contributed by atoms with van der Waals surface area (Å²) in [6, 6.07) is 9.14. The molecule has 1 heterocycles. The second-order valence-electron chi connectivity index (χ2n) is 5.29. The predicted octanol–water partition coefficient (Wildman–Crippen LogP) is 2.60. The zero-order valence-electron chi connectivity index (χ0n) is 12.3. The van der Waals surface area contributed by atoms with Gasteiger partial charge in [0.15, 0.2) is 0 Å². The third kappa shape index (κ3) is 5.45. The second-order valence-corrected chi connectivity index (χ2v) is 5.29. The molecule has 114 valence electrons. The summed E-state index contributed by atoms with van der Waals surface area (Å²) in [5.41, 5.74) is 0.776. The van der Waals surface area contributed by atoms with Crippen molar-refractivity contribution >= 4 is 17.6 Å². The first-order chi connectivity index (χ1) is 10.3. The zero-order valence-corrected chi connectivity index (χ0v) is 12.3. The number of carbonyl (C=O) groups excluding carboxylic acids is 2. The molecule has 1 aliphatic heterocycles. The Hall–Kier alpha value is -2.04. The number of rotatable bonds is 5. The molecular weight excluding hydrogens is 266 g/mol. The molecule has 21 heavy (non-hydrogen) atoms. The lowest BCUT2D eigenvalue weighted by Gasteiger charge is -2.20. The van der Waals surface area contributed by atoms with Gasteiger partial charge in [-0.2, -0.15) is 0 Å². The third-order valence-corrected chi connectivity index (χ3v) is 3.59. The second kappa shape index (κ2) is 8.29. The van der Waals surface area contributed by atoms with Gasteiger partial charge in [-0.25, -0.2) is 4.79 Å². The summed E-state index contributed by atoms with van der Waals surface area (Å²) in [6.45, 7) is 2.15. The predicted molar refractivity (Wildman–Crippen MR) is 83.1 cm³/mol.